The number of hydrogen-bond donors (Lipinski definition) is 2. The second-order valence-electron chi connectivity index (χ2n) is 7.28. The van der Waals surface area contributed by atoms with Gasteiger partial charge in [-0.3, -0.25) is 0 Å². The Kier molecular flexibility index (Phi) is 5.69. The molecule has 1 rings (SSSR count). The number of carbonyl (C=O) groups excluding carboxylic acids is 1. The molecule has 0 radical (unpaired) electrons. The smallest absolute Gasteiger partial charge is 0.410 e. The summed E-state index contributed by atoms with van der Waals surface area (Å²) in [7, 11) is 0. The fourth-order valence-electron chi connectivity index (χ4n) is 1.95. The lowest BCUT2D eigenvalue weighted by molar-refractivity contribution is 0.00749. The van der Waals surface area contributed by atoms with Crippen molar-refractivity contribution < 1.29 is 14.6 Å². The predicted octanol–water partition coefficient (Wildman–Crippen LogP) is 3.84. The van der Waals surface area contributed by atoms with E-state index in [1.54, 1.807) is 23.1 Å². The van der Waals surface area contributed by atoms with E-state index >= 15 is 0 Å². The highest BCUT2D eigenvalue weighted by Crippen LogP contribution is 2.19. The largest absolute Gasteiger partial charge is 0.508 e. The first-order valence-electron chi connectivity index (χ1n) is 7.52. The number of hydrogen-bond acceptors (Lipinski definition) is 4. The molecule has 0 unspecified atom stereocenters. The molecule has 0 bridgehead atoms. The van der Waals surface area contributed by atoms with Gasteiger partial charge in [0.15, 0.2) is 0 Å². The topological polar surface area (TPSA) is 61.8 Å². The van der Waals surface area contributed by atoms with Gasteiger partial charge < -0.3 is 20.1 Å². The Labute approximate surface area is 133 Å². The first-order valence-corrected chi connectivity index (χ1v) is 7.52. The number of phenolic OH excluding ortho intramolecular Hbond substituents is 1. The summed E-state index contributed by atoms with van der Waals surface area (Å²) in [5, 5.41) is 12.6. The second-order valence-corrected chi connectivity index (χ2v) is 7.28. The summed E-state index contributed by atoms with van der Waals surface area (Å²) in [5.74, 6) is 0.213. The van der Waals surface area contributed by atoms with Crippen LogP contribution in [-0.2, 0) is 4.74 Å². The molecule has 1 aromatic rings. The van der Waals surface area contributed by atoms with Gasteiger partial charge in [-0.05, 0) is 53.7 Å². The van der Waals surface area contributed by atoms with Gasteiger partial charge in [0.1, 0.15) is 11.4 Å². The number of carbonyl (C=O) groups is 1. The molecule has 0 aliphatic heterocycles. The number of ether oxygens (including phenoxy) is 1. The summed E-state index contributed by atoms with van der Waals surface area (Å²) in [6, 6.07) is 6.91. The summed E-state index contributed by atoms with van der Waals surface area (Å²) in [5.41, 5.74) is -0.0275. The average molecular weight is 308 g/mol. The zero-order valence-corrected chi connectivity index (χ0v) is 14.4. The van der Waals surface area contributed by atoms with E-state index in [1.807, 2.05) is 47.6 Å². The second kappa shape index (κ2) is 6.90. The molecule has 0 spiro atoms. The fraction of sp³-hybridized carbons (Fsp3) is 0.588. The maximum Gasteiger partial charge on any atom is 0.410 e. The van der Waals surface area contributed by atoms with E-state index in [-0.39, 0.29) is 17.4 Å². The molecule has 1 amide bonds. The molecular weight excluding hydrogens is 280 g/mol. The Balaban J connectivity index is 2.65. The zero-order valence-electron chi connectivity index (χ0n) is 14.4. The highest BCUT2D eigenvalue weighted by Gasteiger charge is 2.30. The molecule has 0 saturated heterocycles. The average Bonchev–Trinajstić information content (AvgIpc) is 2.30. The molecule has 1 aromatic carbocycles. The molecule has 0 aliphatic rings. The van der Waals surface area contributed by atoms with E-state index in [0.717, 1.165) is 5.69 Å². The lowest BCUT2D eigenvalue weighted by Gasteiger charge is -2.37. The molecular formula is C17H28N2O3. The predicted molar refractivity (Wildman–Crippen MR) is 89.3 cm³/mol. The van der Waals surface area contributed by atoms with Crippen LogP contribution < -0.4 is 5.32 Å². The number of anilines is 1. The van der Waals surface area contributed by atoms with E-state index in [4.69, 9.17) is 4.74 Å². The molecule has 22 heavy (non-hydrogen) atoms. The minimum Gasteiger partial charge on any atom is -0.508 e. The fourth-order valence-corrected chi connectivity index (χ4v) is 1.95. The van der Waals surface area contributed by atoms with E-state index < -0.39 is 5.60 Å². The van der Waals surface area contributed by atoms with Crippen LogP contribution >= 0.6 is 0 Å². The van der Waals surface area contributed by atoms with Crippen molar-refractivity contribution >= 4 is 11.8 Å². The molecule has 0 atom stereocenters. The standard InChI is InChI=1S/C17H28N2O3/c1-16(2,3)19(15(21)22-17(4,5)6)11-10-18-13-8-7-9-14(20)12-13/h7-9,12,18,20H,10-11H2,1-6H3. The summed E-state index contributed by atoms with van der Waals surface area (Å²) < 4.78 is 5.47. The maximum atomic E-state index is 12.3. The van der Waals surface area contributed by atoms with Crippen LogP contribution in [0.5, 0.6) is 5.75 Å². The highest BCUT2D eigenvalue weighted by molar-refractivity contribution is 5.69. The molecule has 2 N–H and O–H groups in total. The molecule has 5 heteroatoms. The Hall–Kier alpha value is -1.91. The van der Waals surface area contributed by atoms with Crippen molar-refractivity contribution in [2.24, 2.45) is 0 Å². The Bertz CT molecular complexity index is 501. The van der Waals surface area contributed by atoms with Crippen LogP contribution in [0.1, 0.15) is 41.5 Å². The molecule has 5 nitrogen and oxygen atoms in total. The quantitative estimate of drug-likeness (QED) is 0.887. The zero-order chi connectivity index (χ0) is 17.0. The first-order chi connectivity index (χ1) is 9.99. The third-order valence-corrected chi connectivity index (χ3v) is 2.93. The number of amides is 1. The Morgan fingerprint density at radius 3 is 2.36 bits per heavy atom. The van der Waals surface area contributed by atoms with Gasteiger partial charge >= 0.3 is 6.09 Å². The van der Waals surface area contributed by atoms with Crippen molar-refractivity contribution in [2.75, 3.05) is 18.4 Å². The van der Waals surface area contributed by atoms with Crippen LogP contribution in [0, 0.1) is 0 Å². The van der Waals surface area contributed by atoms with Crippen LogP contribution in [0.25, 0.3) is 0 Å². The summed E-state index contributed by atoms with van der Waals surface area (Å²) in [4.78, 5) is 14.0. The third kappa shape index (κ3) is 6.24. The number of rotatable bonds is 4. The van der Waals surface area contributed by atoms with E-state index in [2.05, 4.69) is 5.32 Å². The minimum atomic E-state index is -0.515. The van der Waals surface area contributed by atoms with Gasteiger partial charge in [-0.2, -0.15) is 0 Å². The van der Waals surface area contributed by atoms with Gasteiger partial charge in [0.2, 0.25) is 0 Å². The minimum absolute atomic E-state index is 0.213. The Morgan fingerprint density at radius 1 is 1.23 bits per heavy atom. The van der Waals surface area contributed by atoms with Crippen molar-refractivity contribution in [3.05, 3.63) is 24.3 Å². The van der Waals surface area contributed by atoms with Crippen molar-refractivity contribution in [1.29, 1.82) is 0 Å². The van der Waals surface area contributed by atoms with E-state index in [9.17, 15) is 9.90 Å². The highest BCUT2D eigenvalue weighted by atomic mass is 16.6. The van der Waals surface area contributed by atoms with Gasteiger partial charge in [-0.15, -0.1) is 0 Å². The van der Waals surface area contributed by atoms with Gasteiger partial charge in [0, 0.05) is 30.4 Å². The SMILES string of the molecule is CC(C)(C)OC(=O)N(CCNc1cccc(O)c1)C(C)(C)C. The number of nitrogens with zero attached hydrogens (tertiary/aromatic N) is 1. The Morgan fingerprint density at radius 2 is 1.86 bits per heavy atom. The van der Waals surface area contributed by atoms with Crippen LogP contribution in [0.15, 0.2) is 24.3 Å². The van der Waals surface area contributed by atoms with Crippen LogP contribution in [0.4, 0.5) is 10.5 Å². The number of benzene rings is 1. The van der Waals surface area contributed by atoms with E-state index in [1.165, 1.54) is 0 Å². The van der Waals surface area contributed by atoms with E-state index in [0.29, 0.717) is 13.1 Å². The van der Waals surface area contributed by atoms with Crippen molar-refractivity contribution in [2.45, 2.75) is 52.7 Å². The van der Waals surface area contributed by atoms with Crippen LogP contribution in [-0.4, -0.2) is 40.3 Å². The lowest BCUT2D eigenvalue weighted by Crippen LogP contribution is -2.49. The van der Waals surface area contributed by atoms with Crippen molar-refractivity contribution in [3.63, 3.8) is 0 Å². The maximum absolute atomic E-state index is 12.3. The molecule has 0 saturated carbocycles. The van der Waals surface area contributed by atoms with Gasteiger partial charge in [-0.1, -0.05) is 6.07 Å². The third-order valence-electron chi connectivity index (χ3n) is 2.93. The monoisotopic (exact) mass is 308 g/mol. The number of phenols is 1. The molecule has 0 aromatic heterocycles. The first kappa shape index (κ1) is 18.1. The lowest BCUT2D eigenvalue weighted by atomic mass is 10.1. The molecule has 0 aliphatic carbocycles. The molecule has 0 heterocycles. The molecule has 124 valence electrons. The summed E-state index contributed by atoms with van der Waals surface area (Å²) >= 11 is 0. The number of aromatic hydroxyl groups is 1. The normalized spacial score (nSPS) is 11.9. The van der Waals surface area contributed by atoms with Crippen molar-refractivity contribution in [1.82, 2.24) is 4.90 Å². The van der Waals surface area contributed by atoms with Crippen LogP contribution in [0.3, 0.4) is 0 Å². The van der Waals surface area contributed by atoms with Crippen molar-refractivity contribution in [3.8, 4) is 5.75 Å². The number of nitrogens with one attached hydrogen (secondary N) is 1. The summed E-state index contributed by atoms with van der Waals surface area (Å²) in [6.07, 6.45) is -0.322. The van der Waals surface area contributed by atoms with Gasteiger partial charge in [0.25, 0.3) is 0 Å². The van der Waals surface area contributed by atoms with Gasteiger partial charge in [-0.25, -0.2) is 4.79 Å². The van der Waals surface area contributed by atoms with Crippen LogP contribution in [0.2, 0.25) is 0 Å². The van der Waals surface area contributed by atoms with Gasteiger partial charge in [0.05, 0.1) is 0 Å². The summed E-state index contributed by atoms with van der Waals surface area (Å²) in [6.45, 7) is 12.6. The molecule has 0 fully saturated rings.